The molecule has 8 nitrogen and oxygen atoms in total. The Hall–Kier alpha value is -3.25. The molecule has 0 saturated carbocycles. The van der Waals surface area contributed by atoms with Gasteiger partial charge >= 0.3 is 0 Å². The number of rotatable bonds is 5. The molecule has 1 aliphatic heterocycles. The van der Waals surface area contributed by atoms with Crippen LogP contribution in [-0.2, 0) is 4.74 Å². The van der Waals surface area contributed by atoms with E-state index in [1.165, 1.54) is 4.68 Å². The van der Waals surface area contributed by atoms with Gasteiger partial charge in [-0.15, -0.1) is 0 Å². The summed E-state index contributed by atoms with van der Waals surface area (Å²) in [4.78, 5) is 4.33. The van der Waals surface area contributed by atoms with Gasteiger partial charge in [-0.05, 0) is 42.7 Å². The molecule has 29 heavy (non-hydrogen) atoms. The SMILES string of the molecule is N#Cc1ccc(-c2cnn(-c3ccc(C(O)NC4CCOCC4)cn3)c2O)cc1. The number of aromatic nitrogens is 3. The van der Waals surface area contributed by atoms with Crippen LogP contribution in [0.2, 0.25) is 0 Å². The van der Waals surface area contributed by atoms with Crippen LogP contribution in [0.15, 0.2) is 48.8 Å². The van der Waals surface area contributed by atoms with E-state index in [0.29, 0.717) is 35.7 Å². The number of aromatic hydroxyl groups is 1. The molecule has 0 radical (unpaired) electrons. The van der Waals surface area contributed by atoms with E-state index < -0.39 is 6.23 Å². The Kier molecular flexibility index (Phi) is 5.53. The Bertz CT molecular complexity index is 1000. The second-order valence-electron chi connectivity index (χ2n) is 6.89. The van der Waals surface area contributed by atoms with E-state index in [1.807, 2.05) is 0 Å². The second kappa shape index (κ2) is 8.41. The van der Waals surface area contributed by atoms with Crippen molar-refractivity contribution in [1.29, 1.82) is 5.26 Å². The first-order valence-corrected chi connectivity index (χ1v) is 9.41. The highest BCUT2D eigenvalue weighted by Crippen LogP contribution is 2.30. The van der Waals surface area contributed by atoms with Crippen LogP contribution in [-0.4, -0.2) is 44.2 Å². The van der Waals surface area contributed by atoms with Crippen LogP contribution >= 0.6 is 0 Å². The summed E-state index contributed by atoms with van der Waals surface area (Å²) in [5, 5.41) is 37.3. The number of nitriles is 1. The number of hydrogen-bond donors (Lipinski definition) is 3. The molecular formula is C21H21N5O3. The van der Waals surface area contributed by atoms with Crippen molar-refractivity contribution in [3.05, 3.63) is 59.9 Å². The van der Waals surface area contributed by atoms with Gasteiger partial charge in [0.05, 0.1) is 23.4 Å². The minimum atomic E-state index is -0.819. The summed E-state index contributed by atoms with van der Waals surface area (Å²) in [6.45, 7) is 1.39. The van der Waals surface area contributed by atoms with Crippen molar-refractivity contribution in [2.75, 3.05) is 13.2 Å². The van der Waals surface area contributed by atoms with Crippen LogP contribution in [0.25, 0.3) is 16.9 Å². The molecule has 3 heterocycles. The molecule has 1 fully saturated rings. The van der Waals surface area contributed by atoms with Crippen LogP contribution in [0.3, 0.4) is 0 Å². The van der Waals surface area contributed by atoms with Gasteiger partial charge in [0.25, 0.3) is 0 Å². The number of benzene rings is 1. The first kappa shape index (κ1) is 19.1. The van der Waals surface area contributed by atoms with Crippen molar-refractivity contribution in [1.82, 2.24) is 20.1 Å². The van der Waals surface area contributed by atoms with Gasteiger partial charge in [-0.2, -0.15) is 15.0 Å². The fourth-order valence-corrected chi connectivity index (χ4v) is 3.31. The molecule has 1 atom stereocenters. The summed E-state index contributed by atoms with van der Waals surface area (Å²) in [7, 11) is 0. The lowest BCUT2D eigenvalue weighted by Gasteiger charge is -2.26. The van der Waals surface area contributed by atoms with E-state index >= 15 is 0 Å². The molecule has 1 saturated heterocycles. The maximum absolute atomic E-state index is 10.6. The van der Waals surface area contributed by atoms with Gasteiger partial charge in [0, 0.05) is 31.0 Å². The van der Waals surface area contributed by atoms with Gasteiger partial charge in [-0.25, -0.2) is 4.98 Å². The van der Waals surface area contributed by atoms with E-state index in [4.69, 9.17) is 10.00 Å². The number of aliphatic hydroxyl groups is 1. The van der Waals surface area contributed by atoms with Crippen LogP contribution in [0.4, 0.5) is 0 Å². The first-order valence-electron chi connectivity index (χ1n) is 9.41. The predicted octanol–water partition coefficient (Wildman–Crippen LogP) is 2.27. The molecule has 1 aromatic carbocycles. The lowest BCUT2D eigenvalue weighted by atomic mass is 10.1. The molecule has 1 unspecified atom stereocenters. The van der Waals surface area contributed by atoms with Gasteiger partial charge in [0.1, 0.15) is 6.23 Å². The lowest BCUT2D eigenvalue weighted by molar-refractivity contribution is 0.0490. The van der Waals surface area contributed by atoms with Crippen molar-refractivity contribution in [3.8, 4) is 28.9 Å². The number of aliphatic hydroxyl groups excluding tert-OH is 1. The van der Waals surface area contributed by atoms with Crippen LogP contribution in [0.1, 0.15) is 30.2 Å². The maximum atomic E-state index is 10.6. The maximum Gasteiger partial charge on any atom is 0.223 e. The third-order valence-electron chi connectivity index (χ3n) is 4.99. The van der Waals surface area contributed by atoms with Gasteiger partial charge < -0.3 is 14.9 Å². The Labute approximate surface area is 168 Å². The smallest absolute Gasteiger partial charge is 0.223 e. The van der Waals surface area contributed by atoms with Crippen molar-refractivity contribution in [2.24, 2.45) is 0 Å². The van der Waals surface area contributed by atoms with Gasteiger partial charge in [-0.3, -0.25) is 5.32 Å². The van der Waals surface area contributed by atoms with Crippen molar-refractivity contribution < 1.29 is 14.9 Å². The summed E-state index contributed by atoms with van der Waals surface area (Å²) in [6, 6.07) is 12.6. The number of nitrogens with zero attached hydrogens (tertiary/aromatic N) is 4. The Morgan fingerprint density at radius 2 is 1.90 bits per heavy atom. The van der Waals surface area contributed by atoms with E-state index in [2.05, 4.69) is 21.5 Å². The predicted molar refractivity (Wildman–Crippen MR) is 105 cm³/mol. The number of ether oxygens (including phenoxy) is 1. The molecule has 2 aromatic heterocycles. The Morgan fingerprint density at radius 1 is 1.14 bits per heavy atom. The van der Waals surface area contributed by atoms with E-state index in [-0.39, 0.29) is 11.9 Å². The Balaban J connectivity index is 1.50. The summed E-state index contributed by atoms with van der Waals surface area (Å²) in [6.07, 6.45) is 4.02. The third kappa shape index (κ3) is 4.12. The third-order valence-corrected chi connectivity index (χ3v) is 4.99. The molecule has 8 heteroatoms. The number of nitrogens with one attached hydrogen (secondary N) is 1. The zero-order valence-corrected chi connectivity index (χ0v) is 15.7. The number of hydrogen-bond acceptors (Lipinski definition) is 7. The van der Waals surface area contributed by atoms with E-state index in [0.717, 1.165) is 18.4 Å². The molecule has 148 valence electrons. The van der Waals surface area contributed by atoms with Crippen molar-refractivity contribution in [2.45, 2.75) is 25.1 Å². The average molecular weight is 391 g/mol. The van der Waals surface area contributed by atoms with Crippen LogP contribution in [0.5, 0.6) is 5.88 Å². The van der Waals surface area contributed by atoms with Gasteiger partial charge in [-0.1, -0.05) is 12.1 Å². The summed E-state index contributed by atoms with van der Waals surface area (Å²) in [5.74, 6) is 0.389. The average Bonchev–Trinajstić information content (AvgIpc) is 3.16. The minimum Gasteiger partial charge on any atom is -0.493 e. The fourth-order valence-electron chi connectivity index (χ4n) is 3.31. The van der Waals surface area contributed by atoms with Gasteiger partial charge in [0.15, 0.2) is 5.82 Å². The minimum absolute atomic E-state index is 0.0455. The molecule has 0 aliphatic carbocycles. The fraction of sp³-hybridized carbons (Fsp3) is 0.286. The number of pyridine rings is 1. The topological polar surface area (TPSA) is 116 Å². The normalized spacial score (nSPS) is 15.7. The monoisotopic (exact) mass is 391 g/mol. The van der Waals surface area contributed by atoms with E-state index in [1.54, 1.807) is 48.8 Å². The molecule has 0 bridgehead atoms. The molecule has 0 amide bonds. The second-order valence-corrected chi connectivity index (χ2v) is 6.89. The van der Waals surface area contributed by atoms with Crippen molar-refractivity contribution >= 4 is 0 Å². The highest BCUT2D eigenvalue weighted by Gasteiger charge is 2.19. The van der Waals surface area contributed by atoms with Gasteiger partial charge in [0.2, 0.25) is 5.88 Å². The molecule has 3 aromatic rings. The lowest BCUT2D eigenvalue weighted by Crippen LogP contribution is -2.37. The highest BCUT2D eigenvalue weighted by molar-refractivity contribution is 5.69. The van der Waals surface area contributed by atoms with Crippen LogP contribution < -0.4 is 5.32 Å². The van der Waals surface area contributed by atoms with Crippen molar-refractivity contribution in [3.63, 3.8) is 0 Å². The van der Waals surface area contributed by atoms with E-state index in [9.17, 15) is 10.2 Å². The van der Waals surface area contributed by atoms with Crippen LogP contribution in [0, 0.1) is 11.3 Å². The molecule has 3 N–H and O–H groups in total. The highest BCUT2D eigenvalue weighted by atomic mass is 16.5. The summed E-state index contributed by atoms with van der Waals surface area (Å²) >= 11 is 0. The standard InChI is InChI=1S/C21H21N5O3/c22-11-14-1-3-15(4-2-14)18-13-24-26(21(18)28)19-6-5-16(12-23-19)20(27)25-17-7-9-29-10-8-17/h1-6,12-13,17,20,25,27-28H,7-10H2. The largest absolute Gasteiger partial charge is 0.493 e. The zero-order chi connectivity index (χ0) is 20.2. The summed E-state index contributed by atoms with van der Waals surface area (Å²) in [5.41, 5.74) is 2.48. The Morgan fingerprint density at radius 3 is 2.55 bits per heavy atom. The zero-order valence-electron chi connectivity index (χ0n) is 15.7. The quantitative estimate of drug-likeness (QED) is 0.571. The molecular weight excluding hydrogens is 370 g/mol. The molecule has 4 rings (SSSR count). The molecule has 1 aliphatic rings. The first-order chi connectivity index (χ1) is 14.2. The molecule has 0 spiro atoms. The summed E-state index contributed by atoms with van der Waals surface area (Å²) < 4.78 is 6.66.